The maximum Gasteiger partial charge on any atom is 0.296 e. The van der Waals surface area contributed by atoms with Crippen molar-refractivity contribution in [2.45, 2.75) is 39.1 Å². The Bertz CT molecular complexity index is 1500. The van der Waals surface area contributed by atoms with Gasteiger partial charge < -0.3 is 29.2 Å². The Morgan fingerprint density at radius 2 is 1.81 bits per heavy atom. The Balaban J connectivity index is 1.37. The minimum absolute atomic E-state index is 0.0599. The van der Waals surface area contributed by atoms with Gasteiger partial charge in [0.1, 0.15) is 29.6 Å². The fourth-order valence-electron chi connectivity index (χ4n) is 4.79. The molecule has 12 heteroatoms. The Morgan fingerprint density at radius 1 is 1.05 bits per heavy atom. The van der Waals surface area contributed by atoms with Gasteiger partial charge in [0.2, 0.25) is 5.75 Å². The zero-order valence-electron chi connectivity index (χ0n) is 23.6. The summed E-state index contributed by atoms with van der Waals surface area (Å²) in [6.07, 6.45) is 0. The van der Waals surface area contributed by atoms with Gasteiger partial charge in [-0.1, -0.05) is 36.4 Å². The molecule has 1 fully saturated rings. The van der Waals surface area contributed by atoms with Crippen LogP contribution in [0.1, 0.15) is 41.3 Å². The van der Waals surface area contributed by atoms with Gasteiger partial charge in [-0.05, 0) is 25.5 Å². The van der Waals surface area contributed by atoms with Gasteiger partial charge >= 0.3 is 0 Å². The smallest absolute Gasteiger partial charge is 0.296 e. The zero-order chi connectivity index (χ0) is 29.7. The normalized spacial score (nSPS) is 15.9. The summed E-state index contributed by atoms with van der Waals surface area (Å²) in [4.78, 5) is 45.8. The summed E-state index contributed by atoms with van der Waals surface area (Å²) in [7, 11) is 0. The molecule has 2 aliphatic rings. The van der Waals surface area contributed by atoms with Crippen molar-refractivity contribution in [1.82, 2.24) is 19.8 Å². The lowest BCUT2D eigenvalue weighted by atomic mass is 10.1. The maximum atomic E-state index is 14.1. The molecule has 2 amide bonds. The molecule has 222 valence electrons. The summed E-state index contributed by atoms with van der Waals surface area (Å²) in [5.74, 6) is -1.22. The zero-order valence-corrected chi connectivity index (χ0v) is 23.6. The van der Waals surface area contributed by atoms with Crippen molar-refractivity contribution < 1.29 is 32.9 Å². The number of aromatic nitrogens is 2. The Kier molecular flexibility index (Phi) is 8.83. The summed E-state index contributed by atoms with van der Waals surface area (Å²) >= 11 is 0. The van der Waals surface area contributed by atoms with Crippen molar-refractivity contribution in [1.29, 1.82) is 0 Å². The number of hydrogen-bond donors (Lipinski definition) is 1. The monoisotopic (exact) mass is 580 g/mol. The number of carbonyl (C=O) groups is 2. The van der Waals surface area contributed by atoms with Gasteiger partial charge in [-0.25, -0.2) is 9.37 Å². The average molecular weight is 581 g/mol. The van der Waals surface area contributed by atoms with Crippen LogP contribution in [0.25, 0.3) is 0 Å². The molecule has 1 N–H and O–H groups in total. The summed E-state index contributed by atoms with van der Waals surface area (Å²) in [5.41, 5.74) is -0.327. The van der Waals surface area contributed by atoms with Gasteiger partial charge in [-0.15, -0.1) is 0 Å². The fourth-order valence-corrected chi connectivity index (χ4v) is 4.79. The van der Waals surface area contributed by atoms with E-state index in [-0.39, 0.29) is 49.4 Å². The summed E-state index contributed by atoms with van der Waals surface area (Å²) in [6.45, 7) is 5.63. The molecule has 0 unspecified atom stereocenters. The van der Waals surface area contributed by atoms with E-state index in [2.05, 4.69) is 10.3 Å². The molecule has 0 bridgehead atoms. The molecular weight excluding hydrogens is 547 g/mol. The second-order valence-electron chi connectivity index (χ2n) is 10.4. The second-order valence-corrected chi connectivity index (χ2v) is 10.4. The molecule has 0 aliphatic carbocycles. The lowest BCUT2D eigenvalue weighted by Crippen LogP contribution is -2.43. The van der Waals surface area contributed by atoms with Gasteiger partial charge in [-0.2, -0.15) is 0 Å². The Morgan fingerprint density at radius 3 is 2.57 bits per heavy atom. The number of nitrogens with zero attached hydrogens (tertiary/aromatic N) is 3. The highest BCUT2D eigenvalue weighted by atomic mass is 19.1. The van der Waals surface area contributed by atoms with Crippen LogP contribution in [-0.4, -0.2) is 65.8 Å². The molecule has 0 spiro atoms. The first-order chi connectivity index (χ1) is 20.2. The first kappa shape index (κ1) is 29.2. The van der Waals surface area contributed by atoms with Crippen LogP contribution in [0.15, 0.2) is 53.3 Å². The van der Waals surface area contributed by atoms with Gasteiger partial charge in [0.05, 0.1) is 26.4 Å². The molecule has 0 radical (unpaired) electrons. The summed E-state index contributed by atoms with van der Waals surface area (Å²) < 4.78 is 38.2. The number of nitrogens with one attached hydrogen (secondary N) is 1. The molecule has 2 aromatic carbocycles. The van der Waals surface area contributed by atoms with E-state index in [1.165, 1.54) is 16.7 Å². The topological polar surface area (TPSA) is 121 Å². The first-order valence-corrected chi connectivity index (χ1v) is 13.7. The number of amides is 2. The van der Waals surface area contributed by atoms with Gasteiger partial charge in [0, 0.05) is 31.3 Å². The second kappa shape index (κ2) is 12.7. The van der Waals surface area contributed by atoms with Crippen molar-refractivity contribution in [3.8, 4) is 11.5 Å². The van der Waals surface area contributed by atoms with Gasteiger partial charge in [-0.3, -0.25) is 19.0 Å². The molecule has 3 heterocycles. The van der Waals surface area contributed by atoms with Crippen molar-refractivity contribution >= 4 is 11.8 Å². The number of carbonyl (C=O) groups excluding carboxylic acids is 2. The van der Waals surface area contributed by atoms with Crippen LogP contribution in [0, 0.1) is 5.82 Å². The molecular formula is C30H33FN4O7. The Hall–Kier alpha value is -4.29. The molecule has 1 saturated heterocycles. The van der Waals surface area contributed by atoms with Crippen molar-refractivity contribution in [3.63, 3.8) is 0 Å². The highest BCUT2D eigenvalue weighted by Gasteiger charge is 2.35. The number of benzene rings is 2. The lowest BCUT2D eigenvalue weighted by Gasteiger charge is -2.32. The van der Waals surface area contributed by atoms with Crippen LogP contribution in [0.5, 0.6) is 11.5 Å². The molecule has 42 heavy (non-hydrogen) atoms. The minimum atomic E-state index is -0.907. The van der Waals surface area contributed by atoms with Crippen molar-refractivity contribution in [2.75, 3.05) is 39.5 Å². The van der Waals surface area contributed by atoms with Crippen LogP contribution in [0.2, 0.25) is 0 Å². The van der Waals surface area contributed by atoms with Crippen molar-refractivity contribution in [3.05, 3.63) is 87.3 Å². The predicted octanol–water partition coefficient (Wildman–Crippen LogP) is 2.39. The molecule has 5 rings (SSSR count). The fraction of sp³-hybridized carbons (Fsp3) is 0.400. The summed E-state index contributed by atoms with van der Waals surface area (Å²) in [6, 6.07) is 13.1. The molecule has 2 aliphatic heterocycles. The SMILES string of the molecule is CC1(C)OCCn2c1nc(C(=O)NCc1ccc(F)cc1OCC(=O)N1CCOCC1)c(OCc1ccccc1)c2=O. The largest absolute Gasteiger partial charge is 0.483 e. The van der Waals surface area contributed by atoms with E-state index in [4.69, 9.17) is 18.9 Å². The standard InChI is InChI=1S/C30H33FN4O7/c1-30(2)29-33-25(26(28(38)35(29)12-15-42-30)41-18-20-6-4-3-5-7-20)27(37)32-17-21-8-9-22(31)16-23(21)40-19-24(36)34-10-13-39-14-11-34/h3-9,16H,10-15,17-19H2,1-2H3,(H,32,37). The highest BCUT2D eigenvalue weighted by molar-refractivity contribution is 5.94. The maximum absolute atomic E-state index is 14.1. The van der Waals surface area contributed by atoms with Gasteiger partial charge in [0.15, 0.2) is 12.3 Å². The average Bonchev–Trinajstić information content (AvgIpc) is 2.99. The Labute approximate surface area is 242 Å². The lowest BCUT2D eigenvalue weighted by molar-refractivity contribution is -0.137. The first-order valence-electron chi connectivity index (χ1n) is 13.7. The number of fused-ring (bicyclic) bond motifs is 1. The molecule has 0 atom stereocenters. The third-order valence-electron chi connectivity index (χ3n) is 7.07. The molecule has 1 aromatic heterocycles. The quantitative estimate of drug-likeness (QED) is 0.410. The molecule has 3 aromatic rings. The van der Waals surface area contributed by atoms with E-state index in [0.717, 1.165) is 11.6 Å². The third-order valence-corrected chi connectivity index (χ3v) is 7.07. The van der Waals surface area contributed by atoms with Gasteiger partial charge in [0.25, 0.3) is 17.4 Å². The number of halogens is 1. The van der Waals surface area contributed by atoms with E-state index in [9.17, 15) is 18.8 Å². The van der Waals surface area contributed by atoms with E-state index in [1.54, 1.807) is 18.7 Å². The van der Waals surface area contributed by atoms with E-state index in [0.29, 0.717) is 44.3 Å². The predicted molar refractivity (Wildman–Crippen MR) is 149 cm³/mol. The number of hydrogen-bond acceptors (Lipinski definition) is 8. The van der Waals surface area contributed by atoms with Crippen LogP contribution in [-0.2, 0) is 39.6 Å². The van der Waals surface area contributed by atoms with Crippen LogP contribution in [0.3, 0.4) is 0 Å². The van der Waals surface area contributed by atoms with Crippen LogP contribution in [0.4, 0.5) is 4.39 Å². The van der Waals surface area contributed by atoms with E-state index >= 15 is 0 Å². The van der Waals surface area contributed by atoms with Crippen LogP contribution < -0.4 is 20.3 Å². The third kappa shape index (κ3) is 6.60. The highest BCUT2D eigenvalue weighted by Crippen LogP contribution is 2.28. The van der Waals surface area contributed by atoms with Crippen LogP contribution >= 0.6 is 0 Å². The van der Waals surface area contributed by atoms with E-state index < -0.39 is 22.9 Å². The summed E-state index contributed by atoms with van der Waals surface area (Å²) in [5, 5.41) is 2.74. The number of morpholine rings is 1. The number of rotatable bonds is 9. The number of ether oxygens (including phenoxy) is 4. The minimum Gasteiger partial charge on any atom is -0.483 e. The van der Waals surface area contributed by atoms with Crippen molar-refractivity contribution in [2.24, 2.45) is 0 Å². The molecule has 0 saturated carbocycles. The molecule has 11 nitrogen and oxygen atoms in total. The van der Waals surface area contributed by atoms with E-state index in [1.807, 2.05) is 30.3 Å².